The average molecular weight is 260 g/mol. The van der Waals surface area contributed by atoms with E-state index < -0.39 is 0 Å². The molecule has 3 rings (SSSR count). The zero-order valence-electron chi connectivity index (χ0n) is 12.6. The summed E-state index contributed by atoms with van der Waals surface area (Å²) in [6.45, 7) is 9.42. The summed E-state index contributed by atoms with van der Waals surface area (Å²) in [5, 5.41) is 3.63. The second kappa shape index (κ2) is 5.29. The summed E-state index contributed by atoms with van der Waals surface area (Å²) in [4.78, 5) is 8.94. The Morgan fingerprint density at radius 3 is 2.68 bits per heavy atom. The van der Waals surface area contributed by atoms with Gasteiger partial charge >= 0.3 is 0 Å². The van der Waals surface area contributed by atoms with E-state index in [0.717, 1.165) is 30.6 Å². The molecule has 2 aromatic heterocycles. The van der Waals surface area contributed by atoms with Crippen LogP contribution in [0.4, 0.5) is 0 Å². The fourth-order valence-electron chi connectivity index (χ4n) is 2.67. The van der Waals surface area contributed by atoms with Gasteiger partial charge in [0.15, 0.2) is 5.65 Å². The van der Waals surface area contributed by atoms with E-state index in [-0.39, 0.29) is 5.54 Å². The predicted octanol–water partition coefficient (Wildman–Crippen LogP) is 2.81. The van der Waals surface area contributed by atoms with Gasteiger partial charge in [0.05, 0.1) is 0 Å². The van der Waals surface area contributed by atoms with Crippen LogP contribution in [0, 0.1) is 0 Å². The van der Waals surface area contributed by atoms with Gasteiger partial charge in [-0.3, -0.25) is 4.98 Å². The minimum absolute atomic E-state index is 0.193. The lowest BCUT2D eigenvalue weighted by Crippen LogP contribution is -2.46. The number of hydrogen-bond donors (Lipinski definition) is 1. The topological polar surface area (TPSA) is 42.7 Å². The molecule has 19 heavy (non-hydrogen) atoms. The van der Waals surface area contributed by atoms with Crippen LogP contribution >= 0.6 is 0 Å². The highest BCUT2D eigenvalue weighted by atomic mass is 15.1. The molecule has 1 N–H and O–H groups in total. The molecule has 0 fully saturated rings. The molecule has 0 bridgehead atoms. The Labute approximate surface area is 115 Å². The van der Waals surface area contributed by atoms with E-state index in [4.69, 9.17) is 0 Å². The Hall–Kier alpha value is -1.42. The van der Waals surface area contributed by atoms with Crippen LogP contribution in [0.15, 0.2) is 12.4 Å². The highest BCUT2D eigenvalue weighted by Crippen LogP contribution is 2.31. The SMILES string of the molecule is CC.CCC1(C)Cc2c(n(C)c3nccnc23)CN1. The highest BCUT2D eigenvalue weighted by molar-refractivity contribution is 5.78. The molecule has 0 radical (unpaired) electrons. The Balaban J connectivity index is 0.000000637. The first kappa shape index (κ1) is 14.0. The summed E-state index contributed by atoms with van der Waals surface area (Å²) in [6, 6.07) is 0. The lowest BCUT2D eigenvalue weighted by Gasteiger charge is -2.34. The van der Waals surface area contributed by atoms with Crippen molar-refractivity contribution in [2.45, 2.75) is 52.6 Å². The van der Waals surface area contributed by atoms with Gasteiger partial charge in [0, 0.05) is 42.8 Å². The molecule has 0 aromatic carbocycles. The molecule has 0 amide bonds. The van der Waals surface area contributed by atoms with Crippen molar-refractivity contribution in [2.24, 2.45) is 7.05 Å². The van der Waals surface area contributed by atoms with Crippen molar-refractivity contribution < 1.29 is 0 Å². The second-order valence-corrected chi connectivity index (χ2v) is 5.16. The smallest absolute Gasteiger partial charge is 0.158 e. The van der Waals surface area contributed by atoms with Crippen molar-refractivity contribution in [3.05, 3.63) is 23.7 Å². The maximum absolute atomic E-state index is 4.50. The second-order valence-electron chi connectivity index (χ2n) is 5.16. The number of nitrogens with zero attached hydrogens (tertiary/aromatic N) is 3. The third-order valence-corrected chi connectivity index (χ3v) is 4.07. The molecular weight excluding hydrogens is 236 g/mol. The number of nitrogens with one attached hydrogen (secondary N) is 1. The number of aromatic nitrogens is 3. The van der Waals surface area contributed by atoms with E-state index in [1.54, 1.807) is 12.4 Å². The lowest BCUT2D eigenvalue weighted by atomic mass is 9.86. The van der Waals surface area contributed by atoms with E-state index in [9.17, 15) is 0 Å². The van der Waals surface area contributed by atoms with Gasteiger partial charge in [-0.05, 0) is 19.8 Å². The summed E-state index contributed by atoms with van der Waals surface area (Å²) in [5.74, 6) is 0. The van der Waals surface area contributed by atoms with Crippen molar-refractivity contribution in [1.82, 2.24) is 19.9 Å². The third-order valence-electron chi connectivity index (χ3n) is 4.07. The van der Waals surface area contributed by atoms with Crippen LogP contribution in [0.25, 0.3) is 11.2 Å². The van der Waals surface area contributed by atoms with Crippen LogP contribution in [-0.4, -0.2) is 20.1 Å². The molecule has 0 spiro atoms. The molecule has 0 saturated heterocycles. The van der Waals surface area contributed by atoms with E-state index in [2.05, 4.69) is 40.7 Å². The van der Waals surface area contributed by atoms with Gasteiger partial charge in [0.25, 0.3) is 0 Å². The first-order chi connectivity index (χ1) is 9.14. The normalized spacial score (nSPS) is 21.7. The number of aryl methyl sites for hydroxylation is 1. The average Bonchev–Trinajstić information content (AvgIpc) is 2.74. The molecule has 4 nitrogen and oxygen atoms in total. The lowest BCUT2D eigenvalue weighted by molar-refractivity contribution is 0.316. The molecule has 4 heteroatoms. The van der Waals surface area contributed by atoms with E-state index in [1.165, 1.54) is 11.3 Å². The highest BCUT2D eigenvalue weighted by Gasteiger charge is 2.31. The molecule has 1 unspecified atom stereocenters. The van der Waals surface area contributed by atoms with Gasteiger partial charge in [0.1, 0.15) is 5.52 Å². The number of rotatable bonds is 1. The van der Waals surface area contributed by atoms with Crippen LogP contribution in [0.1, 0.15) is 45.4 Å². The summed E-state index contributed by atoms with van der Waals surface area (Å²) < 4.78 is 2.17. The molecule has 2 aromatic rings. The first-order valence-electron chi connectivity index (χ1n) is 7.17. The Morgan fingerprint density at radius 2 is 2.00 bits per heavy atom. The van der Waals surface area contributed by atoms with Crippen molar-refractivity contribution >= 4 is 11.2 Å². The van der Waals surface area contributed by atoms with Gasteiger partial charge < -0.3 is 9.88 Å². The van der Waals surface area contributed by atoms with Crippen LogP contribution in [0.2, 0.25) is 0 Å². The summed E-state index contributed by atoms with van der Waals surface area (Å²) in [7, 11) is 2.08. The van der Waals surface area contributed by atoms with E-state index in [0.29, 0.717) is 0 Å². The van der Waals surface area contributed by atoms with Crippen molar-refractivity contribution in [2.75, 3.05) is 0 Å². The van der Waals surface area contributed by atoms with Gasteiger partial charge in [-0.1, -0.05) is 20.8 Å². The van der Waals surface area contributed by atoms with Gasteiger partial charge in [-0.2, -0.15) is 0 Å². The predicted molar refractivity (Wildman–Crippen MR) is 79.1 cm³/mol. The van der Waals surface area contributed by atoms with E-state index >= 15 is 0 Å². The Morgan fingerprint density at radius 1 is 1.32 bits per heavy atom. The van der Waals surface area contributed by atoms with Gasteiger partial charge in [-0.15, -0.1) is 0 Å². The zero-order valence-corrected chi connectivity index (χ0v) is 12.6. The Kier molecular flexibility index (Phi) is 3.90. The standard InChI is InChI=1S/C13H18N4.C2H6/c1-4-13(2)7-9-10(8-16-13)17(3)12-11(9)14-5-6-15-12;1-2/h5-6,16H,4,7-8H2,1-3H3;1-2H3. The maximum atomic E-state index is 4.50. The monoisotopic (exact) mass is 260 g/mol. The largest absolute Gasteiger partial charge is 0.330 e. The van der Waals surface area contributed by atoms with Gasteiger partial charge in [0.2, 0.25) is 0 Å². The van der Waals surface area contributed by atoms with Crippen LogP contribution in [-0.2, 0) is 20.0 Å². The summed E-state index contributed by atoms with van der Waals surface area (Å²) in [5.41, 5.74) is 4.97. The molecule has 1 aliphatic heterocycles. The molecular formula is C15H24N4. The van der Waals surface area contributed by atoms with Crippen molar-refractivity contribution in [1.29, 1.82) is 0 Å². The number of hydrogen-bond acceptors (Lipinski definition) is 3. The zero-order chi connectivity index (χ0) is 14.0. The summed E-state index contributed by atoms with van der Waals surface area (Å²) >= 11 is 0. The maximum Gasteiger partial charge on any atom is 0.158 e. The third kappa shape index (κ3) is 2.25. The number of fused-ring (bicyclic) bond motifs is 3. The van der Waals surface area contributed by atoms with Crippen LogP contribution < -0.4 is 5.32 Å². The molecule has 3 heterocycles. The van der Waals surface area contributed by atoms with Gasteiger partial charge in [-0.25, -0.2) is 4.98 Å². The van der Waals surface area contributed by atoms with Crippen LogP contribution in [0.5, 0.6) is 0 Å². The molecule has 1 aliphatic rings. The van der Waals surface area contributed by atoms with Crippen molar-refractivity contribution in [3.8, 4) is 0 Å². The fraction of sp³-hybridized carbons (Fsp3) is 0.600. The minimum Gasteiger partial charge on any atom is -0.330 e. The van der Waals surface area contributed by atoms with Crippen LogP contribution in [0.3, 0.4) is 0 Å². The molecule has 0 saturated carbocycles. The molecule has 1 atom stereocenters. The molecule has 0 aliphatic carbocycles. The summed E-state index contributed by atoms with van der Waals surface area (Å²) in [6.07, 6.45) is 5.71. The fourth-order valence-corrected chi connectivity index (χ4v) is 2.67. The minimum atomic E-state index is 0.193. The Bertz CT molecular complexity index is 573. The molecule has 104 valence electrons. The first-order valence-corrected chi connectivity index (χ1v) is 7.17. The quantitative estimate of drug-likeness (QED) is 0.857. The van der Waals surface area contributed by atoms with E-state index in [1.807, 2.05) is 13.8 Å². The van der Waals surface area contributed by atoms with Crippen molar-refractivity contribution in [3.63, 3.8) is 0 Å².